The second kappa shape index (κ2) is 5.23. The van der Waals surface area contributed by atoms with Gasteiger partial charge in [-0.3, -0.25) is 14.5 Å². The lowest BCUT2D eigenvalue weighted by Gasteiger charge is -2.24. The Morgan fingerprint density at radius 2 is 1.80 bits per heavy atom. The lowest BCUT2D eigenvalue weighted by Crippen LogP contribution is -2.38. The van der Waals surface area contributed by atoms with E-state index < -0.39 is 6.17 Å². The molecule has 5 nitrogen and oxygen atoms in total. The Bertz CT molecular complexity index is 508. The molecule has 2 aliphatic rings. The Kier molecular flexibility index (Phi) is 3.79. The number of hydrogen-bond acceptors (Lipinski definition) is 4. The summed E-state index contributed by atoms with van der Waals surface area (Å²) in [6.45, 7) is 6.23. The van der Waals surface area contributed by atoms with E-state index in [1.807, 2.05) is 12.2 Å². The first-order chi connectivity index (χ1) is 9.32. The number of methoxy groups -OCH3 is 1. The van der Waals surface area contributed by atoms with E-state index in [1.54, 1.807) is 6.08 Å². The molecule has 0 aromatic carbocycles. The van der Waals surface area contributed by atoms with Crippen LogP contribution in [-0.2, 0) is 14.3 Å². The maximum absolute atomic E-state index is 11.9. The molecule has 1 unspecified atom stereocenters. The summed E-state index contributed by atoms with van der Waals surface area (Å²) >= 11 is 0. The van der Waals surface area contributed by atoms with E-state index in [0.29, 0.717) is 5.90 Å². The van der Waals surface area contributed by atoms with E-state index >= 15 is 0 Å². The minimum absolute atomic E-state index is 0.0979. The molecular formula is C15H20N2O3. The monoisotopic (exact) mass is 276 g/mol. The average molecular weight is 276 g/mol. The number of carbonyl (C=O) groups excluding carboxylic acids is 2. The van der Waals surface area contributed by atoms with E-state index in [1.165, 1.54) is 12.0 Å². The fraction of sp³-hybridized carbons (Fsp3) is 0.533. The molecule has 0 aromatic rings. The van der Waals surface area contributed by atoms with Crippen molar-refractivity contribution in [3.05, 3.63) is 23.8 Å². The number of hydrogen-bond donors (Lipinski definition) is 0. The number of imide groups is 1. The highest BCUT2D eigenvalue weighted by atomic mass is 16.5. The number of aliphatic imine (C=N–C) groups is 1. The van der Waals surface area contributed by atoms with Gasteiger partial charge >= 0.3 is 0 Å². The largest absolute Gasteiger partial charge is 0.481 e. The van der Waals surface area contributed by atoms with Crippen molar-refractivity contribution in [2.45, 2.75) is 39.8 Å². The molecule has 0 aromatic heterocycles. The molecule has 108 valence electrons. The highest BCUT2D eigenvalue weighted by Crippen LogP contribution is 2.30. The number of rotatable bonds is 1. The zero-order valence-electron chi connectivity index (χ0n) is 12.3. The second-order valence-corrected chi connectivity index (χ2v) is 5.95. The van der Waals surface area contributed by atoms with Gasteiger partial charge in [0, 0.05) is 18.9 Å². The Labute approximate surface area is 119 Å². The van der Waals surface area contributed by atoms with Gasteiger partial charge in [0.15, 0.2) is 6.17 Å². The molecule has 2 rings (SSSR count). The smallest absolute Gasteiger partial charge is 0.231 e. The van der Waals surface area contributed by atoms with Crippen LogP contribution in [0.2, 0.25) is 0 Å². The Balaban J connectivity index is 2.42. The van der Waals surface area contributed by atoms with Crippen molar-refractivity contribution in [1.82, 2.24) is 4.90 Å². The van der Waals surface area contributed by atoms with Crippen molar-refractivity contribution < 1.29 is 14.3 Å². The molecule has 1 saturated heterocycles. The Morgan fingerprint density at radius 3 is 2.30 bits per heavy atom. The summed E-state index contributed by atoms with van der Waals surface area (Å²) in [6.07, 6.45) is 5.47. The molecule has 0 radical (unpaired) electrons. The summed E-state index contributed by atoms with van der Waals surface area (Å²) < 4.78 is 5.17. The van der Waals surface area contributed by atoms with Crippen molar-refractivity contribution >= 4 is 17.7 Å². The van der Waals surface area contributed by atoms with Crippen molar-refractivity contribution in [2.24, 2.45) is 10.4 Å². The molecule has 5 heteroatoms. The van der Waals surface area contributed by atoms with Gasteiger partial charge in [-0.1, -0.05) is 26.8 Å². The number of amides is 2. The molecule has 1 fully saturated rings. The van der Waals surface area contributed by atoms with E-state index in [2.05, 4.69) is 25.8 Å². The fourth-order valence-electron chi connectivity index (χ4n) is 2.23. The highest BCUT2D eigenvalue weighted by Gasteiger charge is 2.35. The number of allylic oxidation sites excluding steroid dienone is 2. The van der Waals surface area contributed by atoms with Crippen LogP contribution in [0.25, 0.3) is 0 Å². The van der Waals surface area contributed by atoms with Crippen LogP contribution in [0, 0.1) is 5.41 Å². The van der Waals surface area contributed by atoms with E-state index in [4.69, 9.17) is 4.74 Å². The van der Waals surface area contributed by atoms with E-state index in [-0.39, 0.29) is 30.1 Å². The SMILES string of the molecule is COC1=NC(N2C(=O)CCC2=O)C=C(C(C)(C)C)C=C1. The van der Waals surface area contributed by atoms with Crippen LogP contribution in [0.15, 0.2) is 28.8 Å². The molecule has 2 heterocycles. The van der Waals surface area contributed by atoms with Crippen molar-refractivity contribution in [2.75, 3.05) is 7.11 Å². The number of nitrogens with zero attached hydrogens (tertiary/aromatic N) is 2. The van der Waals surface area contributed by atoms with Crippen LogP contribution in [0.1, 0.15) is 33.6 Å². The molecule has 0 aliphatic carbocycles. The third kappa shape index (κ3) is 2.81. The molecular weight excluding hydrogens is 256 g/mol. The lowest BCUT2D eigenvalue weighted by atomic mass is 9.85. The molecule has 0 saturated carbocycles. The lowest BCUT2D eigenvalue weighted by molar-refractivity contribution is -0.139. The van der Waals surface area contributed by atoms with Gasteiger partial charge in [0.25, 0.3) is 0 Å². The number of ether oxygens (including phenoxy) is 1. The van der Waals surface area contributed by atoms with Crippen LogP contribution in [0.4, 0.5) is 0 Å². The standard InChI is InChI=1S/C15H20N2O3/c1-15(2,3)10-5-6-12(20-4)16-11(9-10)17-13(18)7-8-14(17)19/h5-6,9,11H,7-8H2,1-4H3. The average Bonchev–Trinajstić information content (AvgIpc) is 2.60. The van der Waals surface area contributed by atoms with Crippen LogP contribution in [-0.4, -0.2) is 35.9 Å². The van der Waals surface area contributed by atoms with Crippen molar-refractivity contribution in [1.29, 1.82) is 0 Å². The van der Waals surface area contributed by atoms with E-state index in [9.17, 15) is 9.59 Å². The third-order valence-corrected chi connectivity index (χ3v) is 3.42. The molecule has 1 atom stereocenters. The Morgan fingerprint density at radius 1 is 1.20 bits per heavy atom. The van der Waals surface area contributed by atoms with Gasteiger partial charge in [-0.15, -0.1) is 0 Å². The van der Waals surface area contributed by atoms with Gasteiger partial charge in [-0.05, 0) is 17.1 Å². The minimum Gasteiger partial charge on any atom is -0.481 e. The molecule has 20 heavy (non-hydrogen) atoms. The predicted octanol–water partition coefficient (Wildman–Crippen LogP) is 2.05. The summed E-state index contributed by atoms with van der Waals surface area (Å²) in [7, 11) is 1.52. The number of likely N-dealkylation sites (tertiary alicyclic amines) is 1. The minimum atomic E-state index is -0.614. The maximum Gasteiger partial charge on any atom is 0.231 e. The van der Waals surface area contributed by atoms with Gasteiger partial charge in [-0.25, -0.2) is 4.99 Å². The van der Waals surface area contributed by atoms with Gasteiger partial charge in [-0.2, -0.15) is 0 Å². The summed E-state index contributed by atoms with van der Waals surface area (Å²) in [5.41, 5.74) is 0.921. The van der Waals surface area contributed by atoms with Crippen LogP contribution < -0.4 is 0 Å². The summed E-state index contributed by atoms with van der Waals surface area (Å²) in [5.74, 6) is 0.0641. The van der Waals surface area contributed by atoms with Crippen LogP contribution >= 0.6 is 0 Å². The summed E-state index contributed by atoms with van der Waals surface area (Å²) in [6, 6.07) is 0. The van der Waals surface area contributed by atoms with E-state index in [0.717, 1.165) is 5.57 Å². The highest BCUT2D eigenvalue weighted by molar-refractivity contribution is 6.03. The first-order valence-electron chi connectivity index (χ1n) is 6.70. The molecule has 0 bridgehead atoms. The maximum atomic E-state index is 11.9. The molecule has 0 N–H and O–H groups in total. The van der Waals surface area contributed by atoms with Gasteiger partial charge < -0.3 is 4.74 Å². The quantitative estimate of drug-likeness (QED) is 0.689. The summed E-state index contributed by atoms with van der Waals surface area (Å²) in [5, 5.41) is 0. The van der Waals surface area contributed by atoms with Crippen molar-refractivity contribution in [3.63, 3.8) is 0 Å². The summed E-state index contributed by atoms with van der Waals surface area (Å²) in [4.78, 5) is 29.4. The topological polar surface area (TPSA) is 59.0 Å². The predicted molar refractivity (Wildman–Crippen MR) is 76.0 cm³/mol. The van der Waals surface area contributed by atoms with Crippen molar-refractivity contribution in [3.8, 4) is 0 Å². The normalized spacial score (nSPS) is 23.6. The van der Waals surface area contributed by atoms with Gasteiger partial charge in [0.2, 0.25) is 17.7 Å². The fourth-order valence-corrected chi connectivity index (χ4v) is 2.23. The molecule has 2 amide bonds. The van der Waals surface area contributed by atoms with Crippen LogP contribution in [0.3, 0.4) is 0 Å². The first kappa shape index (κ1) is 14.5. The van der Waals surface area contributed by atoms with Gasteiger partial charge in [0.1, 0.15) is 0 Å². The second-order valence-electron chi connectivity index (χ2n) is 5.95. The zero-order valence-corrected chi connectivity index (χ0v) is 12.3. The van der Waals surface area contributed by atoms with Crippen LogP contribution in [0.5, 0.6) is 0 Å². The van der Waals surface area contributed by atoms with Gasteiger partial charge in [0.05, 0.1) is 7.11 Å². The Hall–Kier alpha value is -1.91. The third-order valence-electron chi connectivity index (χ3n) is 3.42. The molecule has 2 aliphatic heterocycles. The first-order valence-corrected chi connectivity index (χ1v) is 6.70. The molecule has 0 spiro atoms. The number of carbonyl (C=O) groups is 2. The zero-order chi connectivity index (χ0) is 14.9.